The van der Waals surface area contributed by atoms with Crippen LogP contribution in [0.25, 0.3) is 6.08 Å². The van der Waals surface area contributed by atoms with Crippen LogP contribution in [0.1, 0.15) is 15.9 Å². The van der Waals surface area contributed by atoms with E-state index in [9.17, 15) is 4.79 Å². The Hall–Kier alpha value is -2.20. The Morgan fingerprint density at radius 3 is 2.86 bits per heavy atom. The van der Waals surface area contributed by atoms with Crippen LogP contribution in [0.15, 0.2) is 53.4 Å². The van der Waals surface area contributed by atoms with E-state index in [0.29, 0.717) is 17.9 Å². The van der Waals surface area contributed by atoms with Gasteiger partial charge in [-0.15, -0.1) is 11.8 Å². The molecular formula is C18H16O3S. The van der Waals surface area contributed by atoms with E-state index in [1.54, 1.807) is 31.0 Å². The van der Waals surface area contributed by atoms with E-state index in [1.165, 1.54) is 0 Å². The highest BCUT2D eigenvalue weighted by atomic mass is 32.2. The summed E-state index contributed by atoms with van der Waals surface area (Å²) in [5, 5.41) is 0. The molecule has 0 aliphatic carbocycles. The number of hydrogen-bond acceptors (Lipinski definition) is 4. The van der Waals surface area contributed by atoms with E-state index < -0.39 is 0 Å². The van der Waals surface area contributed by atoms with Crippen LogP contribution in [0.5, 0.6) is 11.5 Å². The first kappa shape index (κ1) is 14.7. The Bertz CT molecular complexity index is 708. The number of ketones is 1. The first-order valence-electron chi connectivity index (χ1n) is 7.03. The minimum Gasteiger partial charge on any atom is -0.496 e. The zero-order chi connectivity index (χ0) is 15.4. The number of fused-ring (bicyclic) bond motifs is 1. The van der Waals surface area contributed by atoms with Crippen molar-refractivity contribution in [3.63, 3.8) is 0 Å². The van der Waals surface area contributed by atoms with Gasteiger partial charge in [-0.1, -0.05) is 36.4 Å². The molecule has 0 spiro atoms. The molecule has 0 bridgehead atoms. The van der Waals surface area contributed by atoms with Crippen LogP contribution in [-0.4, -0.2) is 25.3 Å². The van der Waals surface area contributed by atoms with Gasteiger partial charge in [-0.2, -0.15) is 0 Å². The van der Waals surface area contributed by atoms with Gasteiger partial charge in [0, 0.05) is 11.8 Å². The van der Waals surface area contributed by atoms with Crippen LogP contribution in [0.4, 0.5) is 0 Å². The zero-order valence-corrected chi connectivity index (χ0v) is 13.1. The van der Waals surface area contributed by atoms with Crippen molar-refractivity contribution in [3.05, 3.63) is 59.7 Å². The van der Waals surface area contributed by atoms with E-state index in [2.05, 4.69) is 0 Å². The van der Waals surface area contributed by atoms with Gasteiger partial charge in [0.05, 0.1) is 24.2 Å². The highest BCUT2D eigenvalue weighted by molar-refractivity contribution is 7.99. The number of carbonyl (C=O) groups excluding carboxylic acids is 1. The summed E-state index contributed by atoms with van der Waals surface area (Å²) in [6, 6.07) is 13.4. The molecule has 0 radical (unpaired) electrons. The van der Waals surface area contributed by atoms with Gasteiger partial charge < -0.3 is 9.47 Å². The molecule has 22 heavy (non-hydrogen) atoms. The molecule has 3 nitrogen and oxygen atoms in total. The Morgan fingerprint density at radius 2 is 2.09 bits per heavy atom. The normalized spacial score (nSPS) is 13.5. The van der Waals surface area contributed by atoms with Crippen molar-refractivity contribution in [2.24, 2.45) is 0 Å². The lowest BCUT2D eigenvalue weighted by Crippen LogP contribution is -2.08. The van der Waals surface area contributed by atoms with Gasteiger partial charge in [-0.25, -0.2) is 0 Å². The molecule has 1 aliphatic rings. The van der Waals surface area contributed by atoms with Crippen molar-refractivity contribution in [3.8, 4) is 11.5 Å². The molecule has 1 heterocycles. The van der Waals surface area contributed by atoms with E-state index in [1.807, 2.05) is 42.5 Å². The SMILES string of the molecule is COc1cc2c(cc1C(=O)C=Cc1ccccc1)SCCO2. The topological polar surface area (TPSA) is 35.5 Å². The van der Waals surface area contributed by atoms with Crippen LogP contribution in [0, 0.1) is 0 Å². The first-order valence-corrected chi connectivity index (χ1v) is 8.01. The van der Waals surface area contributed by atoms with Crippen LogP contribution in [0.2, 0.25) is 0 Å². The average Bonchev–Trinajstić information content (AvgIpc) is 2.59. The maximum absolute atomic E-state index is 12.5. The number of methoxy groups -OCH3 is 1. The minimum absolute atomic E-state index is 0.0744. The van der Waals surface area contributed by atoms with Gasteiger partial charge in [-0.3, -0.25) is 4.79 Å². The molecule has 0 saturated heterocycles. The molecule has 2 aromatic rings. The van der Waals surface area contributed by atoms with Crippen LogP contribution in [0.3, 0.4) is 0 Å². The second kappa shape index (κ2) is 6.71. The van der Waals surface area contributed by atoms with Gasteiger partial charge in [-0.05, 0) is 17.7 Å². The standard InChI is InChI=1S/C18H16O3S/c1-20-16-12-17-18(22-10-9-21-17)11-14(16)15(19)8-7-13-5-3-2-4-6-13/h2-8,11-12H,9-10H2,1H3. The predicted octanol–water partition coefficient (Wildman–Crippen LogP) is 4.08. The summed E-state index contributed by atoms with van der Waals surface area (Å²) in [6.45, 7) is 0.683. The Labute approximate surface area is 133 Å². The number of benzene rings is 2. The number of thioether (sulfide) groups is 1. The molecule has 4 heteroatoms. The van der Waals surface area contributed by atoms with E-state index in [0.717, 1.165) is 22.0 Å². The Kier molecular flexibility index (Phi) is 4.49. The summed E-state index contributed by atoms with van der Waals surface area (Å²) in [5.74, 6) is 2.16. The fourth-order valence-electron chi connectivity index (χ4n) is 2.26. The summed E-state index contributed by atoms with van der Waals surface area (Å²) < 4.78 is 10.9. The van der Waals surface area contributed by atoms with E-state index in [-0.39, 0.29) is 5.78 Å². The monoisotopic (exact) mass is 312 g/mol. The first-order chi connectivity index (χ1) is 10.8. The maximum Gasteiger partial charge on any atom is 0.189 e. The van der Waals surface area contributed by atoms with Gasteiger partial charge in [0.2, 0.25) is 0 Å². The van der Waals surface area contributed by atoms with Crippen molar-refractivity contribution in [2.75, 3.05) is 19.5 Å². The average molecular weight is 312 g/mol. The third-order valence-corrected chi connectivity index (χ3v) is 4.36. The molecule has 0 aromatic heterocycles. The van der Waals surface area contributed by atoms with Gasteiger partial charge in [0.1, 0.15) is 11.5 Å². The molecule has 0 atom stereocenters. The summed E-state index contributed by atoms with van der Waals surface area (Å²) in [6.07, 6.45) is 3.39. The molecule has 1 aliphatic heterocycles. The summed E-state index contributed by atoms with van der Waals surface area (Å²) >= 11 is 1.70. The van der Waals surface area contributed by atoms with Crippen molar-refractivity contribution in [2.45, 2.75) is 4.90 Å². The molecule has 2 aromatic carbocycles. The van der Waals surface area contributed by atoms with E-state index >= 15 is 0 Å². The van der Waals surface area contributed by atoms with Crippen molar-refractivity contribution < 1.29 is 14.3 Å². The zero-order valence-electron chi connectivity index (χ0n) is 12.2. The number of ether oxygens (including phenoxy) is 2. The summed E-state index contributed by atoms with van der Waals surface area (Å²) in [7, 11) is 1.56. The lowest BCUT2D eigenvalue weighted by molar-refractivity contribution is 0.104. The molecule has 112 valence electrons. The summed E-state index contributed by atoms with van der Waals surface area (Å²) in [5.41, 5.74) is 1.55. The number of carbonyl (C=O) groups is 1. The highest BCUT2D eigenvalue weighted by Crippen LogP contribution is 2.38. The van der Waals surface area contributed by atoms with Gasteiger partial charge in [0.15, 0.2) is 5.78 Å². The lowest BCUT2D eigenvalue weighted by Gasteiger charge is -2.18. The van der Waals surface area contributed by atoms with Crippen molar-refractivity contribution >= 4 is 23.6 Å². The smallest absolute Gasteiger partial charge is 0.189 e. The number of rotatable bonds is 4. The molecule has 0 unspecified atom stereocenters. The second-order valence-corrected chi connectivity index (χ2v) is 5.94. The molecule has 3 rings (SSSR count). The molecule has 0 saturated carbocycles. The van der Waals surface area contributed by atoms with Crippen LogP contribution < -0.4 is 9.47 Å². The Balaban J connectivity index is 1.90. The third-order valence-electron chi connectivity index (χ3n) is 3.36. The largest absolute Gasteiger partial charge is 0.496 e. The molecule has 0 amide bonds. The minimum atomic E-state index is -0.0744. The predicted molar refractivity (Wildman–Crippen MR) is 89.0 cm³/mol. The van der Waals surface area contributed by atoms with Gasteiger partial charge in [0.25, 0.3) is 0 Å². The summed E-state index contributed by atoms with van der Waals surface area (Å²) in [4.78, 5) is 13.5. The molecular weight excluding hydrogens is 296 g/mol. The van der Waals surface area contributed by atoms with E-state index in [4.69, 9.17) is 9.47 Å². The fraction of sp³-hybridized carbons (Fsp3) is 0.167. The second-order valence-electron chi connectivity index (χ2n) is 4.80. The van der Waals surface area contributed by atoms with Crippen molar-refractivity contribution in [1.29, 1.82) is 0 Å². The van der Waals surface area contributed by atoms with Crippen LogP contribution >= 0.6 is 11.8 Å². The third kappa shape index (κ3) is 3.17. The lowest BCUT2D eigenvalue weighted by atomic mass is 10.1. The number of hydrogen-bond donors (Lipinski definition) is 0. The maximum atomic E-state index is 12.5. The molecule has 0 fully saturated rings. The van der Waals surface area contributed by atoms with Crippen molar-refractivity contribution in [1.82, 2.24) is 0 Å². The number of allylic oxidation sites excluding steroid dienone is 1. The van der Waals surface area contributed by atoms with Gasteiger partial charge >= 0.3 is 0 Å². The quantitative estimate of drug-likeness (QED) is 0.629. The van der Waals surface area contributed by atoms with Crippen LogP contribution in [-0.2, 0) is 0 Å². The Morgan fingerprint density at radius 1 is 1.27 bits per heavy atom. The highest BCUT2D eigenvalue weighted by Gasteiger charge is 2.18. The fourth-order valence-corrected chi connectivity index (χ4v) is 3.11. The molecule has 0 N–H and O–H groups in total.